The van der Waals surface area contributed by atoms with Crippen LogP contribution in [0.1, 0.15) is 31.9 Å². The highest BCUT2D eigenvalue weighted by molar-refractivity contribution is 5.62. The monoisotopic (exact) mass is 390 g/mol. The van der Waals surface area contributed by atoms with E-state index in [4.69, 9.17) is 4.74 Å². The molecule has 3 rings (SSSR count). The molecule has 0 saturated carbocycles. The molecule has 2 N–H and O–H groups in total. The van der Waals surface area contributed by atoms with Crippen molar-refractivity contribution in [1.29, 1.82) is 0 Å². The van der Waals surface area contributed by atoms with Gasteiger partial charge in [-0.2, -0.15) is 5.10 Å². The molecule has 0 saturated heterocycles. The Kier molecular flexibility index (Phi) is 6.35. The third-order valence-electron chi connectivity index (χ3n) is 4.36. The van der Waals surface area contributed by atoms with Gasteiger partial charge in [0.05, 0.1) is 19.0 Å². The van der Waals surface area contributed by atoms with Crippen molar-refractivity contribution in [3.63, 3.8) is 0 Å². The summed E-state index contributed by atoms with van der Waals surface area (Å²) in [5.41, 5.74) is 1.11. The van der Waals surface area contributed by atoms with Gasteiger partial charge in [0.25, 0.3) is 6.43 Å². The number of ether oxygens (including phenoxy) is 1. The lowest BCUT2D eigenvalue weighted by Gasteiger charge is -2.18. The first-order valence-electron chi connectivity index (χ1n) is 9.16. The summed E-state index contributed by atoms with van der Waals surface area (Å²) >= 11 is 0. The number of anilines is 1. The Hall–Kier alpha value is -2.81. The van der Waals surface area contributed by atoms with E-state index in [2.05, 4.69) is 32.6 Å². The first kappa shape index (κ1) is 19.9. The number of fused-ring (bicyclic) bond motifs is 1. The molecule has 3 heterocycles. The molecule has 0 aromatic carbocycles. The van der Waals surface area contributed by atoms with Crippen LogP contribution in [0.15, 0.2) is 30.5 Å². The van der Waals surface area contributed by atoms with Crippen molar-refractivity contribution < 1.29 is 13.5 Å². The fourth-order valence-corrected chi connectivity index (χ4v) is 3.09. The van der Waals surface area contributed by atoms with Crippen molar-refractivity contribution in [1.82, 2.24) is 24.9 Å². The molecule has 9 heteroatoms. The number of hydrogen-bond donors (Lipinski definition) is 2. The molecular formula is C19H24F2N6O. The number of nitrogens with one attached hydrogen (secondary N) is 2. The molecule has 0 radical (unpaired) electrons. The molecule has 28 heavy (non-hydrogen) atoms. The molecule has 0 spiro atoms. The third-order valence-corrected chi connectivity index (χ3v) is 4.36. The SMILES string of the molecule is CCC[C@H](CNC)Nc1cccc(-c2cnc3cc(OC)c(C(F)F)nn23)n1. The van der Waals surface area contributed by atoms with Crippen molar-refractivity contribution in [2.75, 3.05) is 26.0 Å². The molecule has 3 aromatic rings. The topological polar surface area (TPSA) is 76.4 Å². The summed E-state index contributed by atoms with van der Waals surface area (Å²) < 4.78 is 33.0. The summed E-state index contributed by atoms with van der Waals surface area (Å²) in [5, 5.41) is 10.6. The van der Waals surface area contributed by atoms with Crippen LogP contribution in [-0.4, -0.2) is 46.3 Å². The standard InChI is InChI=1S/C19H24F2N6O/c1-4-6-12(10-22-2)24-16-8-5-7-13(25-16)14-11-23-17-9-15(28-3)18(19(20)21)26-27(14)17/h5,7-9,11-12,19,22H,4,6,10H2,1-3H3,(H,24,25)/t12-/m1/s1. The Morgan fingerprint density at radius 1 is 1.29 bits per heavy atom. The lowest BCUT2D eigenvalue weighted by atomic mass is 10.1. The number of halogens is 2. The number of rotatable bonds is 9. The van der Waals surface area contributed by atoms with Crippen molar-refractivity contribution in [3.05, 3.63) is 36.2 Å². The Labute approximate surface area is 162 Å². The number of likely N-dealkylation sites (N-methyl/N-ethyl adjacent to an activating group) is 1. The highest BCUT2D eigenvalue weighted by Gasteiger charge is 2.20. The second-order valence-electron chi connectivity index (χ2n) is 6.41. The molecule has 150 valence electrons. The van der Waals surface area contributed by atoms with Crippen molar-refractivity contribution in [2.45, 2.75) is 32.2 Å². The maximum Gasteiger partial charge on any atom is 0.285 e. The smallest absolute Gasteiger partial charge is 0.285 e. The van der Waals surface area contributed by atoms with E-state index in [0.717, 1.165) is 19.4 Å². The van der Waals surface area contributed by atoms with E-state index >= 15 is 0 Å². The van der Waals surface area contributed by atoms with Gasteiger partial charge < -0.3 is 15.4 Å². The fraction of sp³-hybridized carbons (Fsp3) is 0.421. The van der Waals surface area contributed by atoms with E-state index in [0.29, 0.717) is 22.9 Å². The number of imidazole rings is 1. The number of nitrogens with zero attached hydrogens (tertiary/aromatic N) is 4. The third kappa shape index (κ3) is 4.19. The minimum Gasteiger partial charge on any atom is -0.494 e. The summed E-state index contributed by atoms with van der Waals surface area (Å²) in [7, 11) is 3.24. The summed E-state index contributed by atoms with van der Waals surface area (Å²) in [5.74, 6) is 0.723. The van der Waals surface area contributed by atoms with Gasteiger partial charge in [-0.1, -0.05) is 19.4 Å². The summed E-state index contributed by atoms with van der Waals surface area (Å²) in [6.07, 6.45) is 0.864. The fourth-order valence-electron chi connectivity index (χ4n) is 3.09. The van der Waals surface area contributed by atoms with Crippen LogP contribution in [0.2, 0.25) is 0 Å². The van der Waals surface area contributed by atoms with Gasteiger partial charge in [0.2, 0.25) is 0 Å². The van der Waals surface area contributed by atoms with Gasteiger partial charge in [-0.05, 0) is 25.6 Å². The van der Waals surface area contributed by atoms with Crippen LogP contribution in [0.5, 0.6) is 5.75 Å². The zero-order valence-electron chi connectivity index (χ0n) is 16.1. The molecule has 1 atom stereocenters. The average molecular weight is 390 g/mol. The van der Waals surface area contributed by atoms with Gasteiger partial charge in [-0.15, -0.1) is 0 Å². The highest BCUT2D eigenvalue weighted by Crippen LogP contribution is 2.29. The summed E-state index contributed by atoms with van der Waals surface area (Å²) in [4.78, 5) is 8.89. The molecule has 0 unspecified atom stereocenters. The average Bonchev–Trinajstić information content (AvgIpc) is 3.10. The molecule has 0 bridgehead atoms. The van der Waals surface area contributed by atoms with Crippen LogP contribution >= 0.6 is 0 Å². The highest BCUT2D eigenvalue weighted by atomic mass is 19.3. The van der Waals surface area contributed by atoms with Crippen LogP contribution < -0.4 is 15.4 Å². The Morgan fingerprint density at radius 2 is 2.11 bits per heavy atom. The number of pyridine rings is 1. The quantitative estimate of drug-likeness (QED) is 0.582. The van der Waals surface area contributed by atoms with Gasteiger partial charge in [-0.25, -0.2) is 23.3 Å². The minimum atomic E-state index is -2.76. The number of aromatic nitrogens is 4. The van der Waals surface area contributed by atoms with Crippen molar-refractivity contribution >= 4 is 11.5 Å². The second kappa shape index (κ2) is 8.92. The molecule has 0 aliphatic heterocycles. The zero-order valence-corrected chi connectivity index (χ0v) is 16.1. The predicted molar refractivity (Wildman–Crippen MR) is 104 cm³/mol. The molecule has 0 aliphatic rings. The van der Waals surface area contributed by atoms with E-state index in [9.17, 15) is 8.78 Å². The predicted octanol–water partition coefficient (Wildman–Crippen LogP) is 3.54. The zero-order chi connectivity index (χ0) is 20.1. The normalized spacial score (nSPS) is 12.5. The van der Waals surface area contributed by atoms with Crippen molar-refractivity contribution in [3.8, 4) is 17.1 Å². The van der Waals surface area contributed by atoms with Gasteiger partial charge in [0.1, 0.15) is 11.5 Å². The Bertz CT molecular complexity index is 924. The van der Waals surface area contributed by atoms with E-state index in [1.807, 2.05) is 19.2 Å². The first-order chi connectivity index (χ1) is 13.6. The largest absolute Gasteiger partial charge is 0.494 e. The molecule has 0 fully saturated rings. The first-order valence-corrected chi connectivity index (χ1v) is 9.16. The molecule has 0 amide bonds. The summed E-state index contributed by atoms with van der Waals surface area (Å²) in [6.45, 7) is 2.95. The van der Waals surface area contributed by atoms with Crippen LogP contribution in [0.3, 0.4) is 0 Å². The second-order valence-corrected chi connectivity index (χ2v) is 6.41. The van der Waals surface area contributed by atoms with Gasteiger partial charge in [0, 0.05) is 18.7 Å². The van der Waals surface area contributed by atoms with Crippen LogP contribution in [0.4, 0.5) is 14.6 Å². The lowest BCUT2D eigenvalue weighted by molar-refractivity contribution is 0.139. The van der Waals surface area contributed by atoms with E-state index in [-0.39, 0.29) is 11.8 Å². The Morgan fingerprint density at radius 3 is 2.79 bits per heavy atom. The number of methoxy groups -OCH3 is 1. The number of hydrogen-bond acceptors (Lipinski definition) is 6. The van der Waals surface area contributed by atoms with Crippen LogP contribution in [0, 0.1) is 0 Å². The van der Waals surface area contributed by atoms with E-state index < -0.39 is 12.1 Å². The molecule has 0 aliphatic carbocycles. The van der Waals surface area contributed by atoms with Gasteiger partial charge in [0.15, 0.2) is 17.1 Å². The van der Waals surface area contributed by atoms with Crippen molar-refractivity contribution in [2.24, 2.45) is 0 Å². The maximum atomic E-state index is 13.3. The van der Waals surface area contributed by atoms with E-state index in [1.165, 1.54) is 17.7 Å². The molecule has 7 nitrogen and oxygen atoms in total. The minimum absolute atomic E-state index is 0.0116. The molecule has 3 aromatic heterocycles. The van der Waals surface area contributed by atoms with Crippen LogP contribution in [0.25, 0.3) is 17.0 Å². The maximum absolute atomic E-state index is 13.3. The Balaban J connectivity index is 1.97. The number of alkyl halides is 2. The van der Waals surface area contributed by atoms with E-state index in [1.54, 1.807) is 12.3 Å². The lowest BCUT2D eigenvalue weighted by Crippen LogP contribution is -2.31. The van der Waals surface area contributed by atoms with Gasteiger partial charge in [-0.3, -0.25) is 0 Å². The van der Waals surface area contributed by atoms with Crippen LogP contribution in [-0.2, 0) is 0 Å². The summed E-state index contributed by atoms with van der Waals surface area (Å²) in [6, 6.07) is 7.24. The van der Waals surface area contributed by atoms with Gasteiger partial charge >= 0.3 is 0 Å². The molecular weight excluding hydrogens is 366 g/mol.